The molecule has 1 aromatic rings. The van der Waals surface area contributed by atoms with Crippen LogP contribution in [0, 0.1) is 11.8 Å². The monoisotopic (exact) mass is 961 g/mol. The van der Waals surface area contributed by atoms with Crippen LogP contribution < -0.4 is 54.8 Å². The van der Waals surface area contributed by atoms with E-state index < -0.39 is 144 Å². The molecule has 10 atom stereocenters. The first kappa shape index (κ1) is 57.2. The maximum Gasteiger partial charge on any atom is 0.326 e. The van der Waals surface area contributed by atoms with Crippen molar-refractivity contribution in [1.82, 2.24) is 36.8 Å². The molecule has 1 aromatic carbocycles. The molecule has 0 bridgehead atoms. The number of nitrogens with one attached hydrogen (secondary N) is 6. The van der Waals surface area contributed by atoms with E-state index in [1.54, 1.807) is 27.7 Å². The summed E-state index contributed by atoms with van der Waals surface area (Å²) in [6.45, 7) is 7.84. The molecule has 1 heterocycles. The van der Waals surface area contributed by atoms with Gasteiger partial charge in [-0.3, -0.25) is 47.9 Å². The van der Waals surface area contributed by atoms with Gasteiger partial charge in [0.2, 0.25) is 59.1 Å². The van der Waals surface area contributed by atoms with Gasteiger partial charge in [-0.25, -0.2) is 4.79 Å². The fourth-order valence-electron chi connectivity index (χ4n) is 7.10. The fraction of sp³-hybridized carbons (Fsp3) is 0.605. The molecule has 1 aliphatic heterocycles. The van der Waals surface area contributed by atoms with Crippen LogP contribution in [0.2, 0.25) is 0 Å². The largest absolute Gasteiger partial charge is 0.508 e. The minimum Gasteiger partial charge on any atom is -0.508 e. The summed E-state index contributed by atoms with van der Waals surface area (Å²) in [6.07, 6.45) is -3.07. The molecule has 0 spiro atoms. The number of likely N-dealkylation sites (tertiary alicyclic amines) is 1. The molecule has 0 unspecified atom stereocenters. The third kappa shape index (κ3) is 18.1. The highest BCUT2D eigenvalue weighted by atomic mass is 16.4. The Morgan fingerprint density at radius 1 is 0.676 bits per heavy atom. The number of carbonyl (C=O) groups is 11. The number of phenolic OH excluding ortho intramolecular Hbond substituents is 1. The summed E-state index contributed by atoms with van der Waals surface area (Å²) >= 11 is 0. The summed E-state index contributed by atoms with van der Waals surface area (Å²) < 4.78 is 0. The van der Waals surface area contributed by atoms with E-state index >= 15 is 0 Å². The molecule has 0 aromatic heterocycles. The Kier molecular flexibility index (Phi) is 22.8. The summed E-state index contributed by atoms with van der Waals surface area (Å²) in [4.78, 5) is 144. The number of phenols is 1. The van der Waals surface area contributed by atoms with Crippen molar-refractivity contribution in [3.63, 3.8) is 0 Å². The average Bonchev–Trinajstić information content (AvgIpc) is 3.76. The number of aliphatic carboxylic acids is 1. The average molecular weight is 962 g/mol. The SMILES string of the molecule is CC[C@H](C)[C@H](NC(=O)[C@@H]1CCCN1C(=O)[C@H](Cc1ccc(O)cc1)NC(=O)[C@H](CC(N)=O)NC(=O)[C@H](CCC(N)=O)NC(=O)[C@@H](N)[C@@H](C)O)C(=O)N[C@H](C(=O)N[C@@H](CCC(N)=O)C(=O)O)C(C)C. The first-order valence-electron chi connectivity index (χ1n) is 22.2. The van der Waals surface area contributed by atoms with Crippen LogP contribution in [0.3, 0.4) is 0 Å². The van der Waals surface area contributed by atoms with Gasteiger partial charge in [0, 0.05) is 25.8 Å². The summed E-state index contributed by atoms with van der Waals surface area (Å²) in [7, 11) is 0. The highest BCUT2D eigenvalue weighted by molar-refractivity contribution is 5.99. The number of hydrogen-bond donors (Lipinski definition) is 13. The number of aliphatic hydroxyl groups is 1. The quantitative estimate of drug-likeness (QED) is 0.0378. The van der Waals surface area contributed by atoms with Gasteiger partial charge in [-0.1, -0.05) is 46.2 Å². The van der Waals surface area contributed by atoms with E-state index in [2.05, 4.69) is 31.9 Å². The minimum atomic E-state index is -1.78. The van der Waals surface area contributed by atoms with E-state index in [4.69, 9.17) is 22.9 Å². The zero-order chi connectivity index (χ0) is 51.6. The maximum absolute atomic E-state index is 14.5. The van der Waals surface area contributed by atoms with E-state index in [1.807, 2.05) is 0 Å². The highest BCUT2D eigenvalue weighted by Crippen LogP contribution is 2.22. The molecule has 17 N–H and O–H groups in total. The van der Waals surface area contributed by atoms with Crippen LogP contribution >= 0.6 is 0 Å². The lowest BCUT2D eigenvalue weighted by molar-refractivity contribution is -0.143. The molecule has 0 radical (unpaired) electrons. The number of nitrogens with two attached hydrogens (primary N) is 4. The predicted molar refractivity (Wildman–Crippen MR) is 240 cm³/mol. The molecule has 1 aliphatic rings. The van der Waals surface area contributed by atoms with Gasteiger partial charge in [0.25, 0.3) is 0 Å². The molecule has 1 saturated heterocycles. The predicted octanol–water partition coefficient (Wildman–Crippen LogP) is -4.26. The number of carboxylic acid groups (broad SMARTS) is 1. The summed E-state index contributed by atoms with van der Waals surface area (Å²) in [5, 5.41) is 44.1. The second-order valence-electron chi connectivity index (χ2n) is 17.2. The third-order valence-electron chi connectivity index (χ3n) is 11.3. The van der Waals surface area contributed by atoms with Gasteiger partial charge >= 0.3 is 5.97 Å². The van der Waals surface area contributed by atoms with E-state index in [0.717, 1.165) is 0 Å². The Bertz CT molecular complexity index is 2000. The molecule has 378 valence electrons. The van der Waals surface area contributed by atoms with Crippen molar-refractivity contribution < 1.29 is 68.1 Å². The van der Waals surface area contributed by atoms with Crippen molar-refractivity contribution in [3.05, 3.63) is 29.8 Å². The van der Waals surface area contributed by atoms with Crippen LogP contribution in [0.5, 0.6) is 5.75 Å². The minimum absolute atomic E-state index is 0.00639. The Morgan fingerprint density at radius 3 is 1.71 bits per heavy atom. The number of aromatic hydroxyl groups is 1. The molecular weight excluding hydrogens is 895 g/mol. The lowest BCUT2D eigenvalue weighted by Gasteiger charge is -2.32. The number of carbonyl (C=O) groups excluding carboxylic acids is 10. The van der Waals surface area contributed by atoms with Crippen LogP contribution in [0.1, 0.15) is 91.5 Å². The Balaban J connectivity index is 2.44. The molecular formula is C43H67N11O14. The fourth-order valence-corrected chi connectivity index (χ4v) is 7.10. The lowest BCUT2D eigenvalue weighted by atomic mass is 9.95. The number of hydrogen-bond acceptors (Lipinski definition) is 14. The normalized spacial score (nSPS) is 17.4. The summed E-state index contributed by atoms with van der Waals surface area (Å²) in [6, 6.07) is -6.00. The molecule has 0 aliphatic carbocycles. The van der Waals surface area contributed by atoms with Crippen molar-refractivity contribution in [3.8, 4) is 5.75 Å². The van der Waals surface area contributed by atoms with E-state index in [0.29, 0.717) is 18.4 Å². The Labute approximate surface area is 393 Å². The number of aliphatic hydroxyl groups excluding tert-OH is 1. The molecule has 1 fully saturated rings. The van der Waals surface area contributed by atoms with Crippen LogP contribution in [0.25, 0.3) is 0 Å². The molecule has 25 heteroatoms. The number of benzene rings is 1. The van der Waals surface area contributed by atoms with E-state index in [-0.39, 0.29) is 44.4 Å². The summed E-state index contributed by atoms with van der Waals surface area (Å²) in [5.74, 6) is -11.7. The van der Waals surface area contributed by atoms with Gasteiger partial charge in [0.15, 0.2) is 0 Å². The van der Waals surface area contributed by atoms with Crippen molar-refractivity contribution in [2.45, 2.75) is 147 Å². The Hall–Kier alpha value is -6.89. The second-order valence-corrected chi connectivity index (χ2v) is 17.2. The van der Waals surface area contributed by atoms with Gasteiger partial charge in [-0.05, 0) is 62.1 Å². The zero-order valence-corrected chi connectivity index (χ0v) is 38.8. The molecule has 25 nitrogen and oxygen atoms in total. The van der Waals surface area contributed by atoms with Crippen molar-refractivity contribution in [2.24, 2.45) is 34.8 Å². The van der Waals surface area contributed by atoms with Gasteiger partial charge < -0.3 is 75.1 Å². The maximum atomic E-state index is 14.5. The Morgan fingerprint density at radius 2 is 1.19 bits per heavy atom. The van der Waals surface area contributed by atoms with Crippen LogP contribution in [-0.2, 0) is 59.2 Å². The topological polar surface area (TPSA) is 428 Å². The van der Waals surface area contributed by atoms with Crippen LogP contribution in [0.4, 0.5) is 0 Å². The van der Waals surface area contributed by atoms with Gasteiger partial charge in [-0.2, -0.15) is 0 Å². The van der Waals surface area contributed by atoms with Crippen LogP contribution in [0.15, 0.2) is 24.3 Å². The number of primary amides is 3. The van der Waals surface area contributed by atoms with Gasteiger partial charge in [0.1, 0.15) is 54.1 Å². The van der Waals surface area contributed by atoms with Crippen LogP contribution in [-0.4, -0.2) is 146 Å². The molecule has 0 saturated carbocycles. The first-order chi connectivity index (χ1) is 31.8. The number of rotatable bonds is 28. The second kappa shape index (κ2) is 27.1. The first-order valence-corrected chi connectivity index (χ1v) is 22.2. The standard InChI is InChI=1S/C43H67N11O14/c1-6-21(4)35(41(65)52-34(20(2)3)40(64)49-26(43(67)68)14-16-31(45)58)53-38(62)29-8-7-17-54(29)42(66)28(18-23-9-11-24(56)12-10-23)51-37(61)27(19-32(46)59)50-36(60)25(13-15-30(44)57)48-39(63)33(47)22(5)55/h9-12,20-22,25-29,33-35,55-56H,6-8,13-19,47H2,1-5H3,(H2,44,57)(H2,45,58)(H2,46,59)(H,48,63)(H,49,64)(H,50,60)(H,51,61)(H,52,65)(H,53,62)(H,67,68)/t21-,22+,25-,26-,27-,28-,29-,33-,34-,35-/m0/s1. The molecule has 68 heavy (non-hydrogen) atoms. The highest BCUT2D eigenvalue weighted by Gasteiger charge is 2.41. The zero-order valence-electron chi connectivity index (χ0n) is 38.8. The number of amides is 10. The van der Waals surface area contributed by atoms with Crippen molar-refractivity contribution >= 4 is 65.0 Å². The molecule has 10 amide bonds. The molecule has 2 rings (SSSR count). The van der Waals surface area contributed by atoms with E-state index in [1.165, 1.54) is 36.1 Å². The van der Waals surface area contributed by atoms with Gasteiger partial charge in [-0.15, -0.1) is 0 Å². The number of carboxylic acids is 1. The van der Waals surface area contributed by atoms with Crippen molar-refractivity contribution in [2.75, 3.05) is 6.54 Å². The number of nitrogens with zero attached hydrogens (tertiary/aromatic N) is 1. The lowest BCUT2D eigenvalue weighted by Crippen LogP contribution is -2.61. The van der Waals surface area contributed by atoms with Gasteiger partial charge in [0.05, 0.1) is 12.5 Å². The summed E-state index contributed by atoms with van der Waals surface area (Å²) in [5.41, 5.74) is 22.0. The van der Waals surface area contributed by atoms with E-state index in [9.17, 15) is 68.1 Å². The van der Waals surface area contributed by atoms with Crippen molar-refractivity contribution in [1.29, 1.82) is 0 Å². The third-order valence-corrected chi connectivity index (χ3v) is 11.3. The smallest absolute Gasteiger partial charge is 0.326 e.